The number of nitrogens with zero attached hydrogens (tertiary/aromatic N) is 2. The molecule has 1 fully saturated rings. The quantitative estimate of drug-likeness (QED) is 0.368. The third-order valence-electron chi connectivity index (χ3n) is 4.09. The normalized spacial score (nSPS) is 15.8. The summed E-state index contributed by atoms with van der Waals surface area (Å²) in [5, 5.41) is 0. The van der Waals surface area contributed by atoms with Crippen LogP contribution in [0.2, 0.25) is 0 Å². The number of allylic oxidation sites excluding steroid dienone is 8. The third-order valence-corrected chi connectivity index (χ3v) is 4.09. The Hall–Kier alpha value is -2.95. The number of hydrogen-bond donors (Lipinski definition) is 0. The Balaban J connectivity index is 0.00000379. The van der Waals surface area contributed by atoms with E-state index in [0.29, 0.717) is 12.8 Å². The molecular formula is C24H34N2O3. The lowest BCUT2D eigenvalue weighted by Gasteiger charge is -2.32. The smallest absolute Gasteiger partial charge is 0.274 e. The molecule has 4 amide bonds. The van der Waals surface area contributed by atoms with Crippen molar-refractivity contribution in [2.75, 3.05) is 13.1 Å². The first-order valence-electron chi connectivity index (χ1n) is 10.0. The number of imide groups is 2. The molecule has 1 aliphatic heterocycles. The van der Waals surface area contributed by atoms with E-state index in [0.717, 1.165) is 20.9 Å². The van der Waals surface area contributed by atoms with Crippen LogP contribution >= 0.6 is 0 Å². The van der Waals surface area contributed by atoms with Gasteiger partial charge in [0.25, 0.3) is 0 Å². The van der Waals surface area contributed by atoms with E-state index in [9.17, 15) is 14.4 Å². The average Bonchev–Trinajstić information content (AvgIpc) is 2.71. The van der Waals surface area contributed by atoms with Crippen LogP contribution < -0.4 is 0 Å². The number of barbiturate groups is 1. The lowest BCUT2D eigenvalue weighted by molar-refractivity contribution is -0.142. The molecule has 0 aromatic rings. The van der Waals surface area contributed by atoms with Crippen LogP contribution in [0.1, 0.15) is 47.0 Å². The predicted molar refractivity (Wildman–Crippen MR) is 120 cm³/mol. The van der Waals surface area contributed by atoms with Crippen LogP contribution in [-0.2, 0) is 9.59 Å². The van der Waals surface area contributed by atoms with Crippen molar-refractivity contribution in [2.24, 2.45) is 0 Å². The molecule has 0 aromatic heterocycles. The van der Waals surface area contributed by atoms with Crippen molar-refractivity contribution in [3.63, 3.8) is 0 Å². The van der Waals surface area contributed by atoms with Crippen molar-refractivity contribution in [2.45, 2.75) is 47.0 Å². The molecule has 5 nitrogen and oxygen atoms in total. The highest BCUT2D eigenvalue weighted by molar-refractivity contribution is 6.14. The molecule has 5 heteroatoms. The zero-order valence-electron chi connectivity index (χ0n) is 18.2. The van der Waals surface area contributed by atoms with Gasteiger partial charge in [-0.1, -0.05) is 75.6 Å². The second kappa shape index (κ2) is 15.0. The minimum absolute atomic E-state index is 0.223. The molecule has 0 unspecified atom stereocenters. The fourth-order valence-electron chi connectivity index (χ4n) is 2.66. The standard InChI is InChI=1S/C22H28N2O3.C2H6/c1-5-9-12-18(8-4)13-15-23-20(25)17-21(26)24(22(23)27)16-14-19(10-6-2)11-7-3;1-2/h5-12H,2,4,13-17H2,1,3H3;1-2H3/b9-5-,11-7-,18-12+,19-10+;. The highest BCUT2D eigenvalue weighted by Crippen LogP contribution is 2.17. The van der Waals surface area contributed by atoms with E-state index in [1.807, 2.05) is 64.2 Å². The fraction of sp³-hybridized carbons (Fsp3) is 0.375. The lowest BCUT2D eigenvalue weighted by atomic mass is 10.1. The van der Waals surface area contributed by atoms with E-state index in [1.165, 1.54) is 0 Å². The van der Waals surface area contributed by atoms with Gasteiger partial charge in [0.1, 0.15) is 6.42 Å². The zero-order chi connectivity index (χ0) is 22.2. The van der Waals surface area contributed by atoms with Crippen molar-refractivity contribution >= 4 is 17.8 Å². The van der Waals surface area contributed by atoms with E-state index in [1.54, 1.807) is 12.2 Å². The van der Waals surface area contributed by atoms with Gasteiger partial charge in [0.05, 0.1) is 0 Å². The van der Waals surface area contributed by atoms with Gasteiger partial charge in [-0.2, -0.15) is 0 Å². The molecule has 1 saturated heterocycles. The van der Waals surface area contributed by atoms with E-state index < -0.39 is 17.8 Å². The molecule has 0 bridgehead atoms. The summed E-state index contributed by atoms with van der Waals surface area (Å²) in [5.41, 5.74) is 1.88. The first kappa shape index (κ1) is 26.1. The minimum atomic E-state index is -0.552. The molecule has 0 spiro atoms. The summed E-state index contributed by atoms with van der Waals surface area (Å²) in [4.78, 5) is 39.4. The Labute approximate surface area is 175 Å². The summed E-state index contributed by atoms with van der Waals surface area (Å²) in [6.07, 6.45) is 15.4. The van der Waals surface area contributed by atoms with Gasteiger partial charge in [-0.05, 0) is 37.8 Å². The Kier molecular flexibility index (Phi) is 13.5. The van der Waals surface area contributed by atoms with Gasteiger partial charge in [0.15, 0.2) is 0 Å². The third kappa shape index (κ3) is 8.73. The van der Waals surface area contributed by atoms with Crippen LogP contribution in [0.15, 0.2) is 72.9 Å². The predicted octanol–water partition coefficient (Wildman–Crippen LogP) is 5.35. The average molecular weight is 399 g/mol. The summed E-state index contributed by atoms with van der Waals surface area (Å²) in [5.74, 6) is -0.904. The molecule has 1 aliphatic rings. The van der Waals surface area contributed by atoms with Crippen LogP contribution in [-0.4, -0.2) is 40.7 Å². The maximum absolute atomic E-state index is 12.7. The molecule has 0 atom stereocenters. The molecule has 0 N–H and O–H groups in total. The zero-order valence-corrected chi connectivity index (χ0v) is 18.2. The topological polar surface area (TPSA) is 57.7 Å². The van der Waals surface area contributed by atoms with Crippen LogP contribution in [0.3, 0.4) is 0 Å². The van der Waals surface area contributed by atoms with Crippen molar-refractivity contribution in [1.82, 2.24) is 9.80 Å². The number of rotatable bonds is 10. The van der Waals surface area contributed by atoms with Crippen LogP contribution in [0.5, 0.6) is 0 Å². The summed E-state index contributed by atoms with van der Waals surface area (Å²) in [6, 6.07) is -0.552. The van der Waals surface area contributed by atoms with Gasteiger partial charge < -0.3 is 0 Å². The molecule has 0 aliphatic carbocycles. The summed E-state index contributed by atoms with van der Waals surface area (Å²) in [6.45, 7) is 15.7. The van der Waals surface area contributed by atoms with Gasteiger partial charge in [-0.3, -0.25) is 19.4 Å². The Bertz CT molecular complexity index is 712. The number of carbonyl (C=O) groups excluding carboxylic acids is 3. The molecular weight excluding hydrogens is 364 g/mol. The lowest BCUT2D eigenvalue weighted by Crippen LogP contribution is -2.55. The molecule has 1 heterocycles. The summed E-state index contributed by atoms with van der Waals surface area (Å²) in [7, 11) is 0. The maximum Gasteiger partial charge on any atom is 0.333 e. The number of hydrogen-bond acceptors (Lipinski definition) is 3. The summed E-state index contributed by atoms with van der Waals surface area (Å²) >= 11 is 0. The molecule has 0 saturated carbocycles. The number of carbonyl (C=O) groups is 3. The first-order chi connectivity index (χ1) is 14.0. The Morgan fingerprint density at radius 2 is 1.45 bits per heavy atom. The van der Waals surface area contributed by atoms with Crippen LogP contribution in [0.25, 0.3) is 0 Å². The Morgan fingerprint density at radius 1 is 0.897 bits per heavy atom. The van der Waals surface area contributed by atoms with Gasteiger partial charge >= 0.3 is 6.03 Å². The van der Waals surface area contributed by atoms with E-state index in [2.05, 4.69) is 13.2 Å². The highest BCUT2D eigenvalue weighted by Gasteiger charge is 2.37. The molecule has 29 heavy (non-hydrogen) atoms. The van der Waals surface area contributed by atoms with Gasteiger partial charge in [0, 0.05) is 13.1 Å². The maximum atomic E-state index is 12.7. The van der Waals surface area contributed by atoms with Gasteiger partial charge in [-0.15, -0.1) is 0 Å². The number of urea groups is 1. The van der Waals surface area contributed by atoms with E-state index >= 15 is 0 Å². The Morgan fingerprint density at radius 3 is 1.90 bits per heavy atom. The fourth-order valence-corrected chi connectivity index (χ4v) is 2.66. The van der Waals surface area contributed by atoms with Crippen molar-refractivity contribution < 1.29 is 14.4 Å². The highest BCUT2D eigenvalue weighted by atomic mass is 16.2. The molecule has 0 radical (unpaired) electrons. The number of amides is 4. The van der Waals surface area contributed by atoms with E-state index in [-0.39, 0.29) is 19.5 Å². The van der Waals surface area contributed by atoms with Gasteiger partial charge in [-0.25, -0.2) is 4.79 Å². The van der Waals surface area contributed by atoms with Gasteiger partial charge in [0.2, 0.25) is 11.8 Å². The first-order valence-corrected chi connectivity index (χ1v) is 10.0. The summed E-state index contributed by atoms with van der Waals surface area (Å²) < 4.78 is 0. The SMILES string of the molecule is C=C/C=C(\C=C/C)CCN1C(=O)CC(=O)N(CC/C(C=C)=C/C=C\C)C1=O.CC. The largest absolute Gasteiger partial charge is 0.333 e. The molecule has 0 aromatic carbocycles. The van der Waals surface area contributed by atoms with E-state index in [4.69, 9.17) is 0 Å². The van der Waals surface area contributed by atoms with Crippen molar-refractivity contribution in [1.29, 1.82) is 0 Å². The van der Waals surface area contributed by atoms with Crippen molar-refractivity contribution in [3.05, 3.63) is 72.9 Å². The second-order valence-electron chi connectivity index (χ2n) is 6.00. The van der Waals surface area contributed by atoms with Crippen molar-refractivity contribution in [3.8, 4) is 0 Å². The second-order valence-corrected chi connectivity index (χ2v) is 6.00. The molecule has 1 rings (SSSR count). The van der Waals surface area contributed by atoms with Crippen LogP contribution in [0, 0.1) is 0 Å². The molecule has 158 valence electrons. The monoisotopic (exact) mass is 398 g/mol. The minimum Gasteiger partial charge on any atom is -0.274 e. The van der Waals surface area contributed by atoms with Crippen LogP contribution in [0.4, 0.5) is 4.79 Å².